The van der Waals surface area contributed by atoms with Gasteiger partial charge in [-0.3, -0.25) is 14.4 Å². The first kappa shape index (κ1) is 32.0. The fraction of sp³-hybridized carbons (Fsp3) is 0.618. The number of ether oxygens (including phenoxy) is 1. The Morgan fingerprint density at radius 2 is 1.71 bits per heavy atom. The molecule has 1 aromatic rings. The molecule has 8 heteroatoms. The summed E-state index contributed by atoms with van der Waals surface area (Å²) in [6, 6.07) is 8.65. The van der Waals surface area contributed by atoms with Gasteiger partial charge in [0.15, 0.2) is 0 Å². The summed E-state index contributed by atoms with van der Waals surface area (Å²) in [5.41, 5.74) is -1.65. The molecule has 4 rings (SSSR count). The van der Waals surface area contributed by atoms with Gasteiger partial charge in [0.25, 0.3) is 0 Å². The molecule has 1 spiro atoms. The fourth-order valence-corrected chi connectivity index (χ4v) is 7.56. The SMILES string of the molecule is C=CCN(C(=O)[C@H]1[C@H]2C(=O)N(CCCCCCO)C(C(=O)N(CC=C)C(C)(C)C)C23CC[C@]1(CC)O3)c1ccccc1. The van der Waals surface area contributed by atoms with Gasteiger partial charge in [-0.15, -0.1) is 13.2 Å². The lowest BCUT2D eigenvalue weighted by Crippen LogP contribution is -2.60. The number of aliphatic hydroxyl groups is 1. The van der Waals surface area contributed by atoms with Gasteiger partial charge in [0.2, 0.25) is 17.7 Å². The number of aliphatic hydroxyl groups excluding tert-OH is 1. The van der Waals surface area contributed by atoms with Crippen LogP contribution in [0.1, 0.15) is 72.6 Å². The smallest absolute Gasteiger partial charge is 0.249 e. The van der Waals surface area contributed by atoms with Crippen molar-refractivity contribution in [2.75, 3.05) is 31.1 Å². The molecule has 8 nitrogen and oxygen atoms in total. The first-order valence-electron chi connectivity index (χ1n) is 15.5. The van der Waals surface area contributed by atoms with Crippen molar-refractivity contribution in [3.8, 4) is 0 Å². The molecule has 3 saturated heterocycles. The average molecular weight is 580 g/mol. The van der Waals surface area contributed by atoms with E-state index in [1.54, 1.807) is 26.9 Å². The van der Waals surface area contributed by atoms with Crippen molar-refractivity contribution in [3.63, 3.8) is 0 Å². The van der Waals surface area contributed by atoms with Crippen molar-refractivity contribution in [2.45, 2.75) is 95.4 Å². The fourth-order valence-electron chi connectivity index (χ4n) is 7.56. The van der Waals surface area contributed by atoms with Gasteiger partial charge in [-0.2, -0.15) is 0 Å². The van der Waals surface area contributed by atoms with Crippen molar-refractivity contribution in [1.82, 2.24) is 9.80 Å². The summed E-state index contributed by atoms with van der Waals surface area (Å²) >= 11 is 0. The highest BCUT2D eigenvalue weighted by Crippen LogP contribution is 2.65. The molecule has 3 fully saturated rings. The Morgan fingerprint density at radius 3 is 2.31 bits per heavy atom. The van der Waals surface area contributed by atoms with Gasteiger partial charge in [0.05, 0.1) is 17.4 Å². The molecule has 3 aliphatic heterocycles. The highest BCUT2D eigenvalue weighted by molar-refractivity contribution is 6.03. The number of para-hydroxylation sites is 1. The molecule has 3 aliphatic rings. The summed E-state index contributed by atoms with van der Waals surface area (Å²) in [7, 11) is 0. The predicted molar refractivity (Wildman–Crippen MR) is 165 cm³/mol. The van der Waals surface area contributed by atoms with Gasteiger partial charge < -0.3 is 24.5 Å². The van der Waals surface area contributed by atoms with E-state index in [4.69, 9.17) is 4.74 Å². The number of anilines is 1. The van der Waals surface area contributed by atoms with E-state index in [1.807, 2.05) is 58.0 Å². The minimum atomic E-state index is -1.07. The van der Waals surface area contributed by atoms with Crippen molar-refractivity contribution in [2.24, 2.45) is 11.8 Å². The van der Waals surface area contributed by atoms with E-state index in [9.17, 15) is 19.5 Å². The van der Waals surface area contributed by atoms with Crippen LogP contribution in [-0.2, 0) is 19.1 Å². The molecule has 3 amide bonds. The van der Waals surface area contributed by atoms with Crippen LogP contribution in [0.15, 0.2) is 55.6 Å². The monoisotopic (exact) mass is 579 g/mol. The van der Waals surface area contributed by atoms with E-state index in [0.717, 1.165) is 18.5 Å². The molecule has 0 aliphatic carbocycles. The predicted octanol–water partition coefficient (Wildman–Crippen LogP) is 4.73. The van der Waals surface area contributed by atoms with Gasteiger partial charge in [0, 0.05) is 37.5 Å². The van der Waals surface area contributed by atoms with E-state index in [1.165, 1.54) is 0 Å². The molecule has 1 aromatic carbocycles. The molecule has 2 bridgehead atoms. The van der Waals surface area contributed by atoms with Crippen molar-refractivity contribution in [3.05, 3.63) is 55.6 Å². The number of carbonyl (C=O) groups excluding carboxylic acids is 3. The van der Waals surface area contributed by atoms with Crippen LogP contribution in [0.25, 0.3) is 0 Å². The first-order valence-corrected chi connectivity index (χ1v) is 15.5. The van der Waals surface area contributed by atoms with E-state index in [0.29, 0.717) is 51.7 Å². The highest BCUT2D eigenvalue weighted by Gasteiger charge is 2.79. The Hall–Kier alpha value is -2.97. The largest absolute Gasteiger partial charge is 0.396 e. The summed E-state index contributed by atoms with van der Waals surface area (Å²) in [6.45, 7) is 16.9. The van der Waals surface area contributed by atoms with Crippen molar-refractivity contribution < 1.29 is 24.2 Å². The maximum absolute atomic E-state index is 14.6. The Bertz CT molecular complexity index is 1160. The third-order valence-electron chi connectivity index (χ3n) is 9.52. The summed E-state index contributed by atoms with van der Waals surface area (Å²) < 4.78 is 7.00. The van der Waals surface area contributed by atoms with Crippen LogP contribution in [0.4, 0.5) is 5.69 Å². The molecule has 0 radical (unpaired) electrons. The number of rotatable bonds is 14. The molecule has 0 saturated carbocycles. The minimum Gasteiger partial charge on any atom is -0.396 e. The molecule has 3 heterocycles. The maximum Gasteiger partial charge on any atom is 0.249 e. The second-order valence-electron chi connectivity index (χ2n) is 13.0. The quantitative estimate of drug-likeness (QED) is 0.254. The van der Waals surface area contributed by atoms with Crippen LogP contribution in [0, 0.1) is 11.8 Å². The number of hydrogen-bond acceptors (Lipinski definition) is 5. The molecule has 0 aromatic heterocycles. The lowest BCUT2D eigenvalue weighted by atomic mass is 9.64. The first-order chi connectivity index (χ1) is 20.0. The zero-order valence-electron chi connectivity index (χ0n) is 25.9. The lowest BCUT2D eigenvalue weighted by molar-refractivity contribution is -0.155. The zero-order chi connectivity index (χ0) is 30.7. The van der Waals surface area contributed by atoms with Crippen LogP contribution < -0.4 is 4.90 Å². The van der Waals surface area contributed by atoms with Gasteiger partial charge in [-0.25, -0.2) is 0 Å². The summed E-state index contributed by atoms with van der Waals surface area (Å²) in [5, 5.41) is 9.21. The Kier molecular flexibility index (Phi) is 9.68. The Balaban J connectivity index is 1.79. The normalized spacial score (nSPS) is 28.1. The Morgan fingerprint density at radius 1 is 1.05 bits per heavy atom. The van der Waals surface area contributed by atoms with Crippen LogP contribution in [0.3, 0.4) is 0 Å². The number of likely N-dealkylation sites (tertiary alicyclic amines) is 1. The topological polar surface area (TPSA) is 90.4 Å². The van der Waals surface area contributed by atoms with Gasteiger partial charge in [0.1, 0.15) is 11.6 Å². The number of fused-ring (bicyclic) bond motifs is 1. The molecular weight excluding hydrogens is 530 g/mol. The average Bonchev–Trinajstić information content (AvgIpc) is 3.57. The molecular formula is C34H49N3O5. The molecule has 1 N–H and O–H groups in total. The van der Waals surface area contributed by atoms with Gasteiger partial charge in [-0.05, 0) is 65.0 Å². The maximum atomic E-state index is 14.6. The second kappa shape index (κ2) is 12.7. The summed E-state index contributed by atoms with van der Waals surface area (Å²) in [4.78, 5) is 48.9. The van der Waals surface area contributed by atoms with Crippen LogP contribution in [-0.4, -0.2) is 81.7 Å². The highest BCUT2D eigenvalue weighted by atomic mass is 16.5. The van der Waals surface area contributed by atoms with Crippen LogP contribution in [0.2, 0.25) is 0 Å². The third-order valence-corrected chi connectivity index (χ3v) is 9.52. The van der Waals surface area contributed by atoms with Crippen molar-refractivity contribution in [1.29, 1.82) is 0 Å². The second-order valence-corrected chi connectivity index (χ2v) is 13.0. The lowest BCUT2D eigenvalue weighted by Gasteiger charge is -2.42. The van der Waals surface area contributed by atoms with Crippen LogP contribution >= 0.6 is 0 Å². The summed E-state index contributed by atoms with van der Waals surface area (Å²) in [6.07, 6.45) is 8.25. The van der Waals surface area contributed by atoms with E-state index in [-0.39, 0.29) is 24.3 Å². The van der Waals surface area contributed by atoms with Crippen molar-refractivity contribution >= 4 is 23.4 Å². The van der Waals surface area contributed by atoms with Gasteiger partial charge >= 0.3 is 0 Å². The number of amides is 3. The molecule has 42 heavy (non-hydrogen) atoms. The van der Waals surface area contributed by atoms with E-state index in [2.05, 4.69) is 13.2 Å². The van der Waals surface area contributed by atoms with Gasteiger partial charge in [-0.1, -0.05) is 50.1 Å². The number of unbranched alkanes of at least 4 members (excludes halogenated alkanes) is 3. The molecule has 5 atom stereocenters. The van der Waals surface area contributed by atoms with E-state index < -0.39 is 34.6 Å². The molecule has 230 valence electrons. The number of hydrogen-bond donors (Lipinski definition) is 1. The Labute approximate surface area is 251 Å². The summed E-state index contributed by atoms with van der Waals surface area (Å²) in [5.74, 6) is -1.92. The number of benzene rings is 1. The number of nitrogens with zero attached hydrogens (tertiary/aromatic N) is 3. The molecule has 2 unspecified atom stereocenters. The number of carbonyl (C=O) groups is 3. The van der Waals surface area contributed by atoms with E-state index >= 15 is 0 Å². The van der Waals surface area contributed by atoms with Crippen LogP contribution in [0.5, 0.6) is 0 Å². The standard InChI is InChI=1S/C34H49N3O5/c1-7-21-35(25-17-13-12-14-18-25)29(39)26-27-30(40)36(23-15-10-11-16-24-38)28(31(41)37(22-8-2)32(4,5)6)34(27)20-19-33(26,9-3)42-34/h7-8,12-14,17-18,26-28,38H,1-2,9-11,15-16,19-24H2,3-6H3/t26-,27+,28?,33+,34?/m1/s1. The zero-order valence-corrected chi connectivity index (χ0v) is 25.9. The third kappa shape index (κ3) is 5.44. The minimum absolute atomic E-state index is 0.135.